The molecule has 81 heavy (non-hydrogen) atoms. The molecule has 6 aliphatic rings. The fourth-order valence-corrected chi connectivity index (χ4v) is 13.5. The van der Waals surface area contributed by atoms with Crippen LogP contribution < -0.4 is 29.6 Å². The number of piperidine rings is 1. The van der Waals surface area contributed by atoms with Gasteiger partial charge in [0.05, 0.1) is 64.2 Å². The molecule has 0 unspecified atom stereocenters. The predicted octanol–water partition coefficient (Wildman–Crippen LogP) is 4.73. The SMILES string of the molecule is CCOC(=O)Oc1c(OC)cc(C(=O)O[C@@H]2C[C@@H]3CN4CCc5c([nH]c6cc(OC)ccc56)[C@H]4C[C@@H]3[C@H](C(=O)OC)[C@H]2OC)cc1OC.CN(C)c1ccc(O)c2c1C[C@H]1C[C@H]3[C@H](N(C)C)C(=O)C(C(N)=O)=C(O)[C@@]3(O)C(=O)C1=C2O. The Bertz CT molecular complexity index is 3250. The van der Waals surface area contributed by atoms with E-state index in [1.807, 2.05) is 31.1 Å². The largest absolute Gasteiger partial charge is 0.514 e. The number of carbonyl (C=O) groups is 6. The molecule has 3 aromatic carbocycles. The summed E-state index contributed by atoms with van der Waals surface area (Å²) >= 11 is 0. The number of aliphatic hydroxyl groups is 3. The molecule has 0 spiro atoms. The predicted molar refractivity (Wildman–Crippen MR) is 290 cm³/mol. The highest BCUT2D eigenvalue weighted by Crippen LogP contribution is 2.55. The monoisotopic (exact) mass is 1120 g/mol. The first-order valence-electron chi connectivity index (χ1n) is 26.6. The topological polar surface area (TPSA) is 309 Å². The van der Waals surface area contributed by atoms with Gasteiger partial charge in [-0.15, -0.1) is 0 Å². The summed E-state index contributed by atoms with van der Waals surface area (Å²) in [5.41, 5.74) is 6.76. The Morgan fingerprint density at radius 1 is 0.889 bits per heavy atom. The van der Waals surface area contributed by atoms with Crippen LogP contribution in [0.15, 0.2) is 59.4 Å². The van der Waals surface area contributed by atoms with E-state index in [-0.39, 0.29) is 77.0 Å². The number of nitrogens with one attached hydrogen (secondary N) is 1. The zero-order chi connectivity index (χ0) is 58.7. The molecule has 1 saturated heterocycles. The van der Waals surface area contributed by atoms with Crippen LogP contribution in [-0.4, -0.2) is 178 Å². The van der Waals surface area contributed by atoms with Crippen molar-refractivity contribution in [1.82, 2.24) is 14.8 Å². The zero-order valence-electron chi connectivity index (χ0n) is 46.8. The summed E-state index contributed by atoms with van der Waals surface area (Å²) in [4.78, 5) is 87.3. The first kappa shape index (κ1) is 57.8. The Labute approximate surface area is 467 Å². The minimum atomic E-state index is -2.63. The van der Waals surface area contributed by atoms with Crippen molar-refractivity contribution < 1.29 is 87.1 Å². The fourth-order valence-electron chi connectivity index (χ4n) is 13.5. The van der Waals surface area contributed by atoms with Crippen LogP contribution in [0, 0.1) is 29.6 Å². The van der Waals surface area contributed by atoms with Crippen LogP contribution in [0.1, 0.15) is 65.0 Å². The molecule has 2 saturated carbocycles. The highest BCUT2D eigenvalue weighted by atomic mass is 16.7. The minimum absolute atomic E-state index is 0.0356. The van der Waals surface area contributed by atoms with E-state index in [0.717, 1.165) is 42.9 Å². The number of ether oxygens (including phenoxy) is 8. The van der Waals surface area contributed by atoms with Crippen LogP contribution in [-0.2, 0) is 51.0 Å². The average molecular weight is 1120 g/mol. The number of ketones is 2. The highest BCUT2D eigenvalue weighted by molar-refractivity contribution is 6.24. The number of anilines is 1. The number of amides is 1. The number of phenolic OH excluding ortho intramolecular Hbond substituents is 1. The second kappa shape index (κ2) is 22.6. The molecule has 23 heteroatoms. The first-order chi connectivity index (χ1) is 38.6. The Kier molecular flexibility index (Phi) is 16.1. The molecule has 0 radical (unpaired) electrons. The van der Waals surface area contributed by atoms with Gasteiger partial charge in [-0.25, -0.2) is 9.59 Å². The lowest BCUT2D eigenvalue weighted by atomic mass is 9.57. The molecule has 0 bridgehead atoms. The maximum atomic E-state index is 13.7. The lowest BCUT2D eigenvalue weighted by molar-refractivity contribution is -0.176. The van der Waals surface area contributed by atoms with Crippen molar-refractivity contribution in [2.24, 2.45) is 35.3 Å². The van der Waals surface area contributed by atoms with Crippen LogP contribution >= 0.6 is 0 Å². The average Bonchev–Trinajstić information content (AvgIpc) is 2.33. The highest BCUT2D eigenvalue weighted by Gasteiger charge is 2.64. The molecule has 3 fully saturated rings. The lowest BCUT2D eigenvalue weighted by Crippen LogP contribution is -2.65. The van der Waals surface area contributed by atoms with Crippen molar-refractivity contribution in [2.45, 2.75) is 68.9 Å². The number of aromatic nitrogens is 1. The van der Waals surface area contributed by atoms with E-state index in [2.05, 4.69) is 16.0 Å². The first-order valence-corrected chi connectivity index (χ1v) is 26.6. The smallest absolute Gasteiger partial charge is 0.508 e. The molecule has 1 amide bonds. The molecule has 23 nitrogen and oxygen atoms in total. The summed E-state index contributed by atoms with van der Waals surface area (Å²) in [6.07, 6.45) is 0.0257. The van der Waals surface area contributed by atoms with Gasteiger partial charge in [0.25, 0.3) is 5.91 Å². The molecule has 4 aliphatic carbocycles. The fraction of sp³-hybridized carbons (Fsp3) is 0.483. The lowest BCUT2D eigenvalue weighted by Gasteiger charge is -2.52. The van der Waals surface area contributed by atoms with E-state index < -0.39 is 94.3 Å². The van der Waals surface area contributed by atoms with Crippen molar-refractivity contribution >= 4 is 57.9 Å². The number of rotatable bonds is 12. The molecule has 3 heterocycles. The molecule has 7 N–H and O–H groups in total. The molecule has 1 aromatic heterocycles. The number of likely N-dealkylation sites (N-methyl/N-ethyl adjacent to an activating group) is 1. The Morgan fingerprint density at radius 3 is 2.20 bits per heavy atom. The van der Waals surface area contributed by atoms with Gasteiger partial charge in [-0.3, -0.25) is 29.0 Å². The van der Waals surface area contributed by atoms with Gasteiger partial charge in [-0.05, 0) is 118 Å². The number of benzene rings is 3. The number of nitrogens with two attached hydrogens (primary N) is 1. The van der Waals surface area contributed by atoms with Gasteiger partial charge >= 0.3 is 18.1 Å². The number of hydrogen-bond acceptors (Lipinski definition) is 21. The van der Waals surface area contributed by atoms with E-state index in [0.29, 0.717) is 12.0 Å². The quantitative estimate of drug-likeness (QED) is 0.0483. The number of esters is 2. The number of H-pyrrole nitrogens is 1. The van der Waals surface area contributed by atoms with Crippen LogP contribution in [0.3, 0.4) is 0 Å². The van der Waals surface area contributed by atoms with Gasteiger partial charge in [-0.2, -0.15) is 0 Å². The second-order valence-corrected chi connectivity index (χ2v) is 21.6. The Hall–Kier alpha value is -7.86. The Balaban J connectivity index is 0.000000210. The normalized spacial score (nSPS) is 26.5. The van der Waals surface area contributed by atoms with Gasteiger partial charge < -0.3 is 73.9 Å². The number of phenols is 1. The number of aliphatic hydroxyl groups excluding tert-OH is 2. The summed E-state index contributed by atoms with van der Waals surface area (Å²) in [6, 6.07) is 11.0. The third kappa shape index (κ3) is 9.82. The molecule has 4 aromatic rings. The molecule has 10 rings (SSSR count). The molecule has 2 aliphatic heterocycles. The van der Waals surface area contributed by atoms with Crippen molar-refractivity contribution in [3.8, 4) is 28.7 Å². The van der Waals surface area contributed by atoms with E-state index >= 15 is 0 Å². The van der Waals surface area contributed by atoms with Gasteiger partial charge in [0.15, 0.2) is 22.9 Å². The minimum Gasteiger partial charge on any atom is -0.508 e. The second-order valence-electron chi connectivity index (χ2n) is 21.6. The number of aromatic amines is 1. The third-order valence-electron chi connectivity index (χ3n) is 17.1. The number of carbonyl (C=O) groups excluding carboxylic acids is 6. The molecular formula is C58H69N5O18. The van der Waals surface area contributed by atoms with E-state index in [9.17, 15) is 49.2 Å². The van der Waals surface area contributed by atoms with Crippen molar-refractivity contribution in [3.05, 3.63) is 87.3 Å². The van der Waals surface area contributed by atoms with Crippen molar-refractivity contribution in [3.63, 3.8) is 0 Å². The van der Waals surface area contributed by atoms with Gasteiger partial charge in [0, 0.05) is 74.1 Å². The Morgan fingerprint density at radius 2 is 1.59 bits per heavy atom. The molecule has 10 atom stereocenters. The summed E-state index contributed by atoms with van der Waals surface area (Å²) in [6.45, 7) is 3.37. The number of Topliss-reactive ketones (excluding diaryl/α,β-unsaturated/α-hetero) is 2. The van der Waals surface area contributed by atoms with E-state index in [1.165, 1.54) is 68.2 Å². The molecular weight excluding hydrogens is 1050 g/mol. The number of methoxy groups -OCH3 is 5. The number of aromatic hydroxyl groups is 1. The van der Waals surface area contributed by atoms with Gasteiger partial charge in [0.2, 0.25) is 11.5 Å². The summed E-state index contributed by atoms with van der Waals surface area (Å²) in [5.74, 6) is -7.37. The summed E-state index contributed by atoms with van der Waals surface area (Å²) in [7, 11) is 14.0. The van der Waals surface area contributed by atoms with E-state index in [4.69, 9.17) is 43.6 Å². The van der Waals surface area contributed by atoms with Gasteiger partial charge in [0.1, 0.15) is 40.8 Å². The summed E-state index contributed by atoms with van der Waals surface area (Å²) in [5, 5.41) is 45.1. The number of primary amides is 1. The van der Waals surface area contributed by atoms with Crippen LogP contribution in [0.25, 0.3) is 16.7 Å². The van der Waals surface area contributed by atoms with Gasteiger partial charge in [-0.1, -0.05) is 0 Å². The number of fused-ring (bicyclic) bond motifs is 9. The molecule has 434 valence electrons. The number of hydrogen-bond donors (Lipinski definition) is 6. The van der Waals surface area contributed by atoms with Crippen molar-refractivity contribution in [1.29, 1.82) is 0 Å². The number of nitrogens with zero attached hydrogens (tertiary/aromatic N) is 3. The van der Waals surface area contributed by atoms with Crippen molar-refractivity contribution in [2.75, 3.05) is 88.3 Å². The summed E-state index contributed by atoms with van der Waals surface area (Å²) < 4.78 is 43.8. The maximum absolute atomic E-state index is 13.7. The third-order valence-corrected chi connectivity index (χ3v) is 17.1. The zero-order valence-corrected chi connectivity index (χ0v) is 46.8. The van der Waals surface area contributed by atoms with Crippen LogP contribution in [0.5, 0.6) is 28.7 Å². The van der Waals surface area contributed by atoms with Crippen LogP contribution in [0.4, 0.5) is 10.5 Å². The maximum Gasteiger partial charge on any atom is 0.514 e. The standard InChI is InChI=1S/C35H42N2O11.C23H27N3O7/c1-7-46-35(40)48-31-26(42-3)12-18(13-27(31)43-4)33(38)47-28-14-19-17-37-11-10-22-21-9-8-20(41-2)15-24(21)36-30(22)25(37)16-23(19)29(32(28)44-5)34(39)45-6;1-25(2)12-5-6-13(27)15-10(12)7-9-8-11-17(26(3)4)19(29)16(22(24)32)21(31)23(11,33)20(30)14(9)18(15)28/h8-9,12-13,15,19,23,25,28-29,32,36H,7,10-11,14,16-17H2,1-6H3;5-6,9,11,17,27-28,31,33H,7-8H2,1-4H3,(H2,24,32)/t19-,23+,25-,28-,29+,32+;9-,11-,17-,23-/m10/s1. The van der Waals surface area contributed by atoms with E-state index in [1.54, 1.807) is 34.2 Å². The van der Waals surface area contributed by atoms with Crippen LogP contribution in [0.2, 0.25) is 0 Å².